The molecule has 0 bridgehead atoms. The van der Waals surface area contributed by atoms with Gasteiger partial charge in [-0.1, -0.05) is 6.42 Å². The van der Waals surface area contributed by atoms with Gasteiger partial charge in [-0.25, -0.2) is 0 Å². The Bertz CT molecular complexity index is 413. The second-order valence-electron chi connectivity index (χ2n) is 5.24. The molecular weight excluding hydrogens is 268 g/mol. The first kappa shape index (κ1) is 15.4. The van der Waals surface area contributed by atoms with E-state index in [1.807, 2.05) is 30.5 Å². The second-order valence-corrected chi connectivity index (χ2v) is 6.12. The Hall–Kier alpha value is -1.00. The van der Waals surface area contributed by atoms with E-state index < -0.39 is 0 Å². The highest BCUT2D eigenvalue weighted by Gasteiger charge is 2.09. The van der Waals surface area contributed by atoms with Crippen molar-refractivity contribution in [2.75, 3.05) is 32.4 Å². The highest BCUT2D eigenvalue weighted by molar-refractivity contribution is 7.98. The van der Waals surface area contributed by atoms with Gasteiger partial charge in [0.25, 0.3) is 5.91 Å². The fraction of sp³-hybridized carbons (Fsp3) is 0.562. The molecule has 1 aromatic rings. The summed E-state index contributed by atoms with van der Waals surface area (Å²) >= 11 is 1.69. The molecule has 1 heterocycles. The Labute approximate surface area is 126 Å². The van der Waals surface area contributed by atoms with Crippen molar-refractivity contribution in [3.63, 3.8) is 0 Å². The van der Waals surface area contributed by atoms with Crippen molar-refractivity contribution in [1.29, 1.82) is 0 Å². The molecule has 4 heteroatoms. The van der Waals surface area contributed by atoms with E-state index in [1.165, 1.54) is 37.2 Å². The number of hydrogen-bond acceptors (Lipinski definition) is 3. The molecule has 0 spiro atoms. The molecule has 0 aliphatic carbocycles. The van der Waals surface area contributed by atoms with Crippen molar-refractivity contribution in [2.45, 2.75) is 30.6 Å². The molecule has 0 atom stereocenters. The fourth-order valence-corrected chi connectivity index (χ4v) is 2.94. The molecule has 0 aromatic heterocycles. The number of amides is 1. The molecule has 3 nitrogen and oxygen atoms in total. The summed E-state index contributed by atoms with van der Waals surface area (Å²) in [5, 5.41) is 3.00. The summed E-state index contributed by atoms with van der Waals surface area (Å²) in [7, 11) is 0. The van der Waals surface area contributed by atoms with Crippen molar-refractivity contribution in [1.82, 2.24) is 10.2 Å². The zero-order chi connectivity index (χ0) is 14.2. The lowest BCUT2D eigenvalue weighted by molar-refractivity contribution is 0.0951. The van der Waals surface area contributed by atoms with Gasteiger partial charge < -0.3 is 10.2 Å². The smallest absolute Gasteiger partial charge is 0.251 e. The highest BCUT2D eigenvalue weighted by atomic mass is 32.2. The number of hydrogen-bond donors (Lipinski definition) is 1. The highest BCUT2D eigenvalue weighted by Crippen LogP contribution is 2.14. The Morgan fingerprint density at radius 3 is 2.55 bits per heavy atom. The molecule has 1 amide bonds. The van der Waals surface area contributed by atoms with E-state index in [9.17, 15) is 4.79 Å². The third-order valence-corrected chi connectivity index (χ3v) is 4.48. The van der Waals surface area contributed by atoms with Crippen LogP contribution in [0.5, 0.6) is 0 Å². The molecule has 1 aliphatic heterocycles. The fourth-order valence-electron chi connectivity index (χ4n) is 2.53. The summed E-state index contributed by atoms with van der Waals surface area (Å²) in [5.74, 6) is 0.0382. The first-order valence-corrected chi connectivity index (χ1v) is 8.66. The maximum Gasteiger partial charge on any atom is 0.251 e. The summed E-state index contributed by atoms with van der Waals surface area (Å²) in [5.41, 5.74) is 0.751. The monoisotopic (exact) mass is 292 g/mol. The van der Waals surface area contributed by atoms with E-state index >= 15 is 0 Å². The molecule has 2 rings (SSSR count). The van der Waals surface area contributed by atoms with Gasteiger partial charge in [0.15, 0.2) is 0 Å². The van der Waals surface area contributed by atoms with E-state index in [-0.39, 0.29) is 5.91 Å². The Kier molecular flexibility index (Phi) is 6.40. The van der Waals surface area contributed by atoms with Crippen molar-refractivity contribution < 1.29 is 4.79 Å². The maximum atomic E-state index is 12.0. The molecule has 1 fully saturated rings. The first-order chi connectivity index (χ1) is 9.79. The number of nitrogens with one attached hydrogen (secondary N) is 1. The zero-order valence-corrected chi connectivity index (χ0v) is 13.0. The molecule has 1 aromatic carbocycles. The first-order valence-electron chi connectivity index (χ1n) is 7.44. The summed E-state index contributed by atoms with van der Waals surface area (Å²) in [6, 6.07) is 7.78. The number of benzene rings is 1. The van der Waals surface area contributed by atoms with Crippen LogP contribution in [0.15, 0.2) is 29.2 Å². The molecule has 1 saturated heterocycles. The summed E-state index contributed by atoms with van der Waals surface area (Å²) in [6.45, 7) is 4.32. The Balaban J connectivity index is 1.66. The van der Waals surface area contributed by atoms with Crippen LogP contribution >= 0.6 is 11.8 Å². The van der Waals surface area contributed by atoms with Crippen molar-refractivity contribution in [3.8, 4) is 0 Å². The summed E-state index contributed by atoms with van der Waals surface area (Å²) in [4.78, 5) is 15.7. The van der Waals surface area contributed by atoms with Crippen molar-refractivity contribution in [3.05, 3.63) is 29.8 Å². The van der Waals surface area contributed by atoms with E-state index in [4.69, 9.17) is 0 Å². The van der Waals surface area contributed by atoms with Crippen molar-refractivity contribution >= 4 is 17.7 Å². The third-order valence-electron chi connectivity index (χ3n) is 3.74. The number of carbonyl (C=O) groups is 1. The second kappa shape index (κ2) is 8.32. The van der Waals surface area contributed by atoms with Gasteiger partial charge in [-0.05, 0) is 69.4 Å². The van der Waals surface area contributed by atoms with Gasteiger partial charge in [0.05, 0.1) is 0 Å². The molecule has 1 aliphatic rings. The number of thioether (sulfide) groups is 1. The largest absolute Gasteiger partial charge is 0.352 e. The van der Waals surface area contributed by atoms with E-state index in [0.29, 0.717) is 0 Å². The van der Waals surface area contributed by atoms with Gasteiger partial charge in [0.1, 0.15) is 0 Å². The topological polar surface area (TPSA) is 32.3 Å². The molecule has 110 valence electrons. The van der Waals surface area contributed by atoms with Crippen LogP contribution < -0.4 is 5.32 Å². The lowest BCUT2D eigenvalue weighted by Gasteiger charge is -2.26. The van der Waals surface area contributed by atoms with Gasteiger partial charge in [0, 0.05) is 17.0 Å². The van der Waals surface area contributed by atoms with Crippen LogP contribution in [0.2, 0.25) is 0 Å². The van der Waals surface area contributed by atoms with Crippen LogP contribution in [0.1, 0.15) is 36.0 Å². The molecule has 0 unspecified atom stereocenters. The number of piperidine rings is 1. The Morgan fingerprint density at radius 1 is 1.20 bits per heavy atom. The van der Waals surface area contributed by atoms with Crippen LogP contribution in [0.25, 0.3) is 0 Å². The van der Waals surface area contributed by atoms with Crippen LogP contribution in [0.3, 0.4) is 0 Å². The number of carbonyl (C=O) groups excluding carboxylic acids is 1. The van der Waals surface area contributed by atoms with Gasteiger partial charge in [-0.15, -0.1) is 11.8 Å². The predicted molar refractivity (Wildman–Crippen MR) is 85.5 cm³/mol. The van der Waals surface area contributed by atoms with Gasteiger partial charge in [-0.3, -0.25) is 4.79 Å². The van der Waals surface area contributed by atoms with Crippen molar-refractivity contribution in [2.24, 2.45) is 0 Å². The van der Waals surface area contributed by atoms with Gasteiger partial charge >= 0.3 is 0 Å². The van der Waals surface area contributed by atoms with Crippen LogP contribution in [0.4, 0.5) is 0 Å². The summed E-state index contributed by atoms with van der Waals surface area (Å²) < 4.78 is 0. The standard InChI is InChI=1S/C16H24N2OS/c1-20-15-8-6-14(7-9-15)16(19)17-10-5-13-18-11-3-2-4-12-18/h6-9H,2-5,10-13H2,1H3,(H,17,19). The SMILES string of the molecule is CSc1ccc(C(=O)NCCCN2CCCCC2)cc1. The minimum absolute atomic E-state index is 0.0382. The molecular formula is C16H24N2OS. The Morgan fingerprint density at radius 2 is 1.90 bits per heavy atom. The summed E-state index contributed by atoms with van der Waals surface area (Å²) in [6.07, 6.45) is 7.10. The zero-order valence-electron chi connectivity index (χ0n) is 12.2. The lowest BCUT2D eigenvalue weighted by Crippen LogP contribution is -2.33. The van der Waals surface area contributed by atoms with E-state index in [0.717, 1.165) is 25.1 Å². The van der Waals surface area contributed by atoms with Crippen LogP contribution in [-0.4, -0.2) is 43.2 Å². The molecule has 1 N–H and O–H groups in total. The van der Waals surface area contributed by atoms with Crippen LogP contribution in [0, 0.1) is 0 Å². The molecule has 0 saturated carbocycles. The molecule has 0 radical (unpaired) electrons. The van der Waals surface area contributed by atoms with Gasteiger partial charge in [-0.2, -0.15) is 0 Å². The number of likely N-dealkylation sites (tertiary alicyclic amines) is 1. The normalized spacial score (nSPS) is 16.1. The minimum Gasteiger partial charge on any atom is -0.352 e. The van der Waals surface area contributed by atoms with E-state index in [1.54, 1.807) is 11.8 Å². The minimum atomic E-state index is 0.0382. The average molecular weight is 292 g/mol. The molecule has 20 heavy (non-hydrogen) atoms. The average Bonchev–Trinajstić information content (AvgIpc) is 2.52. The van der Waals surface area contributed by atoms with Crippen LogP contribution in [-0.2, 0) is 0 Å². The lowest BCUT2D eigenvalue weighted by atomic mass is 10.1. The maximum absolute atomic E-state index is 12.0. The third kappa shape index (κ3) is 4.84. The van der Waals surface area contributed by atoms with Gasteiger partial charge in [0.2, 0.25) is 0 Å². The number of nitrogens with zero attached hydrogens (tertiary/aromatic N) is 1. The van der Waals surface area contributed by atoms with E-state index in [2.05, 4.69) is 10.2 Å². The number of rotatable bonds is 6. The quantitative estimate of drug-likeness (QED) is 0.646. The predicted octanol–water partition coefficient (Wildman–Crippen LogP) is 3.01.